The highest BCUT2D eigenvalue weighted by molar-refractivity contribution is 5.96. The van der Waals surface area contributed by atoms with Crippen molar-refractivity contribution in [2.45, 2.75) is 33.6 Å². The molecule has 0 spiro atoms. The van der Waals surface area contributed by atoms with Gasteiger partial charge in [0.25, 0.3) is 0 Å². The van der Waals surface area contributed by atoms with Gasteiger partial charge in [-0.05, 0) is 20.3 Å². The first kappa shape index (κ1) is 15.3. The lowest BCUT2D eigenvalue weighted by Gasteiger charge is -2.03. The average Bonchev–Trinajstić information content (AvgIpc) is 2.26. The van der Waals surface area contributed by atoms with Crippen molar-refractivity contribution in [3.63, 3.8) is 0 Å². The van der Waals surface area contributed by atoms with Gasteiger partial charge < -0.3 is 9.47 Å². The van der Waals surface area contributed by atoms with Gasteiger partial charge in [0, 0.05) is 11.6 Å². The molecule has 0 amide bonds. The van der Waals surface area contributed by atoms with E-state index in [1.165, 1.54) is 13.8 Å². The molecule has 0 saturated heterocycles. The van der Waals surface area contributed by atoms with Crippen LogP contribution in [0.3, 0.4) is 0 Å². The molecule has 5 heteroatoms. The maximum absolute atomic E-state index is 11.3. The molecule has 0 saturated carbocycles. The van der Waals surface area contributed by atoms with Crippen molar-refractivity contribution in [1.82, 2.24) is 0 Å². The van der Waals surface area contributed by atoms with Gasteiger partial charge in [-0.25, -0.2) is 9.59 Å². The number of hydrogen-bond acceptors (Lipinski definition) is 5. The van der Waals surface area contributed by atoms with E-state index >= 15 is 0 Å². The molecular formula is C12H18O5. The van der Waals surface area contributed by atoms with Crippen molar-refractivity contribution in [3.8, 4) is 0 Å². The maximum Gasteiger partial charge on any atom is 0.334 e. The van der Waals surface area contributed by atoms with Gasteiger partial charge in [-0.1, -0.05) is 13.3 Å². The van der Waals surface area contributed by atoms with Crippen LogP contribution in [-0.2, 0) is 23.9 Å². The molecule has 0 aliphatic rings. The van der Waals surface area contributed by atoms with Crippen LogP contribution in [0.5, 0.6) is 0 Å². The van der Waals surface area contributed by atoms with Crippen molar-refractivity contribution in [1.29, 1.82) is 0 Å². The molecule has 96 valence electrons. The SMILES string of the molecule is CCCCOC(=O)/C=C(/C)C(=O)OCC(C)=O. The lowest BCUT2D eigenvalue weighted by Crippen LogP contribution is -2.13. The van der Waals surface area contributed by atoms with Gasteiger partial charge in [0.05, 0.1) is 6.61 Å². The average molecular weight is 242 g/mol. The predicted octanol–water partition coefficient (Wildman–Crippen LogP) is 1.41. The largest absolute Gasteiger partial charge is 0.463 e. The second-order valence-corrected chi connectivity index (χ2v) is 3.63. The molecular weight excluding hydrogens is 224 g/mol. The molecule has 0 aliphatic carbocycles. The fraction of sp³-hybridized carbons (Fsp3) is 0.583. The monoisotopic (exact) mass is 242 g/mol. The van der Waals surface area contributed by atoms with Crippen LogP contribution in [0.4, 0.5) is 0 Å². The summed E-state index contributed by atoms with van der Waals surface area (Å²) in [6, 6.07) is 0. The minimum Gasteiger partial charge on any atom is -0.463 e. The molecule has 5 nitrogen and oxygen atoms in total. The van der Waals surface area contributed by atoms with Gasteiger partial charge >= 0.3 is 11.9 Å². The second kappa shape index (κ2) is 8.50. The summed E-state index contributed by atoms with van der Waals surface area (Å²) >= 11 is 0. The highest BCUT2D eigenvalue weighted by Gasteiger charge is 2.09. The first-order chi connectivity index (χ1) is 7.97. The molecule has 0 aromatic carbocycles. The zero-order valence-electron chi connectivity index (χ0n) is 10.4. The number of carbonyl (C=O) groups is 3. The smallest absolute Gasteiger partial charge is 0.334 e. The van der Waals surface area contributed by atoms with E-state index < -0.39 is 11.9 Å². The molecule has 0 fully saturated rings. The molecule has 0 atom stereocenters. The van der Waals surface area contributed by atoms with Crippen molar-refractivity contribution < 1.29 is 23.9 Å². The third-order valence-corrected chi connectivity index (χ3v) is 1.81. The Morgan fingerprint density at radius 3 is 2.29 bits per heavy atom. The molecule has 17 heavy (non-hydrogen) atoms. The Balaban J connectivity index is 4.09. The number of Topliss-reactive ketones (excluding diaryl/α,β-unsaturated/α-hetero) is 1. The van der Waals surface area contributed by atoms with E-state index in [4.69, 9.17) is 4.74 Å². The Morgan fingerprint density at radius 2 is 1.76 bits per heavy atom. The van der Waals surface area contributed by atoms with E-state index in [0.717, 1.165) is 18.9 Å². The van der Waals surface area contributed by atoms with Gasteiger partial charge in [-0.3, -0.25) is 4.79 Å². The van der Waals surface area contributed by atoms with E-state index in [9.17, 15) is 14.4 Å². The van der Waals surface area contributed by atoms with Crippen LogP contribution in [0.1, 0.15) is 33.6 Å². The fourth-order valence-corrected chi connectivity index (χ4v) is 0.875. The predicted molar refractivity (Wildman–Crippen MR) is 61.3 cm³/mol. The Labute approximate surface area is 101 Å². The quantitative estimate of drug-likeness (QED) is 0.383. The number of rotatable bonds is 7. The Hall–Kier alpha value is -1.65. The normalized spacial score (nSPS) is 10.9. The van der Waals surface area contributed by atoms with Crippen molar-refractivity contribution >= 4 is 17.7 Å². The minimum absolute atomic E-state index is 0.118. The van der Waals surface area contributed by atoms with E-state index in [2.05, 4.69) is 4.74 Å². The topological polar surface area (TPSA) is 69.7 Å². The fourth-order valence-electron chi connectivity index (χ4n) is 0.875. The standard InChI is InChI=1S/C12H18O5/c1-4-5-6-16-11(14)7-9(2)12(15)17-8-10(3)13/h7H,4-6,8H2,1-3H3/b9-7-. The number of hydrogen-bond donors (Lipinski definition) is 0. The molecule has 0 aromatic heterocycles. The van der Waals surface area contributed by atoms with Crippen LogP contribution in [0.15, 0.2) is 11.6 Å². The number of esters is 2. The third-order valence-electron chi connectivity index (χ3n) is 1.81. The summed E-state index contributed by atoms with van der Waals surface area (Å²) in [5.41, 5.74) is 0.118. The van der Waals surface area contributed by atoms with Crippen LogP contribution in [0.2, 0.25) is 0 Å². The molecule has 0 heterocycles. The lowest BCUT2D eigenvalue weighted by atomic mass is 10.3. The van der Waals surface area contributed by atoms with E-state index in [-0.39, 0.29) is 18.0 Å². The second-order valence-electron chi connectivity index (χ2n) is 3.63. The maximum atomic E-state index is 11.3. The zero-order valence-corrected chi connectivity index (χ0v) is 10.4. The summed E-state index contributed by atoms with van der Waals surface area (Å²) in [6.07, 6.45) is 2.78. The van der Waals surface area contributed by atoms with Gasteiger partial charge in [0.1, 0.15) is 6.61 Å². The Kier molecular flexibility index (Phi) is 7.67. The molecule has 0 N–H and O–H groups in total. The summed E-state index contributed by atoms with van der Waals surface area (Å²) in [6.45, 7) is 4.78. The van der Waals surface area contributed by atoms with Crippen LogP contribution >= 0.6 is 0 Å². The number of carbonyl (C=O) groups excluding carboxylic acids is 3. The molecule has 0 radical (unpaired) electrons. The van der Waals surface area contributed by atoms with E-state index in [1.54, 1.807) is 0 Å². The third kappa shape index (κ3) is 8.19. The molecule has 0 unspecified atom stereocenters. The Bertz CT molecular complexity index is 317. The van der Waals surface area contributed by atoms with Crippen molar-refractivity contribution in [2.75, 3.05) is 13.2 Å². The number of unbranched alkanes of at least 4 members (excludes halogenated alkanes) is 1. The number of ketones is 1. The summed E-state index contributed by atoms with van der Waals surface area (Å²) in [7, 11) is 0. The summed E-state index contributed by atoms with van der Waals surface area (Å²) in [5.74, 6) is -1.51. The highest BCUT2D eigenvalue weighted by Crippen LogP contribution is 1.99. The Morgan fingerprint density at radius 1 is 1.12 bits per heavy atom. The van der Waals surface area contributed by atoms with Crippen LogP contribution in [-0.4, -0.2) is 30.9 Å². The van der Waals surface area contributed by atoms with Gasteiger partial charge in [-0.2, -0.15) is 0 Å². The van der Waals surface area contributed by atoms with Crippen molar-refractivity contribution in [2.24, 2.45) is 0 Å². The van der Waals surface area contributed by atoms with Gasteiger partial charge in [0.15, 0.2) is 5.78 Å². The molecule has 0 rings (SSSR count). The lowest BCUT2D eigenvalue weighted by molar-refractivity contribution is -0.144. The molecule has 0 bridgehead atoms. The van der Waals surface area contributed by atoms with Gasteiger partial charge in [-0.15, -0.1) is 0 Å². The summed E-state index contributed by atoms with van der Waals surface area (Å²) in [5, 5.41) is 0. The minimum atomic E-state index is -0.687. The first-order valence-electron chi connectivity index (χ1n) is 5.49. The summed E-state index contributed by atoms with van der Waals surface area (Å²) < 4.78 is 9.47. The zero-order chi connectivity index (χ0) is 13.3. The van der Waals surface area contributed by atoms with Crippen LogP contribution in [0.25, 0.3) is 0 Å². The van der Waals surface area contributed by atoms with E-state index in [1.807, 2.05) is 6.92 Å². The first-order valence-corrected chi connectivity index (χ1v) is 5.49. The molecule has 0 aliphatic heterocycles. The summed E-state index contributed by atoms with van der Waals surface area (Å²) in [4.78, 5) is 33.0. The number of ether oxygens (including phenoxy) is 2. The van der Waals surface area contributed by atoms with Crippen LogP contribution < -0.4 is 0 Å². The van der Waals surface area contributed by atoms with E-state index in [0.29, 0.717) is 6.61 Å². The molecule has 0 aromatic rings. The highest BCUT2D eigenvalue weighted by atomic mass is 16.5. The van der Waals surface area contributed by atoms with Gasteiger partial charge in [0.2, 0.25) is 0 Å². The van der Waals surface area contributed by atoms with Crippen molar-refractivity contribution in [3.05, 3.63) is 11.6 Å². The van der Waals surface area contributed by atoms with Crippen LogP contribution in [0, 0.1) is 0 Å².